The first kappa shape index (κ1) is 31.5. The predicted octanol–water partition coefficient (Wildman–Crippen LogP) is 11.6. The third-order valence-electron chi connectivity index (χ3n) is 10.8. The smallest absolute Gasteiger partial charge is 0.171 e. The molecule has 0 bridgehead atoms. The van der Waals surface area contributed by atoms with Gasteiger partial charge in [-0.05, 0) is 91.8 Å². The van der Waals surface area contributed by atoms with Crippen LogP contribution in [0.4, 0.5) is 13.2 Å². The Bertz CT molecular complexity index is 772. The van der Waals surface area contributed by atoms with Crippen molar-refractivity contribution in [1.82, 2.24) is 0 Å². The second kappa shape index (κ2) is 12.0. The second-order valence-electron chi connectivity index (χ2n) is 13.2. The van der Waals surface area contributed by atoms with Crippen molar-refractivity contribution in [3.05, 3.63) is 23.3 Å². The maximum atomic E-state index is 13.3. The summed E-state index contributed by atoms with van der Waals surface area (Å²) in [5.74, 6) is 3.36. The fourth-order valence-corrected chi connectivity index (χ4v) is 8.37. The summed E-state index contributed by atoms with van der Waals surface area (Å²) in [6.45, 7) is 20.5. The highest BCUT2D eigenvalue weighted by atomic mass is 19.4. The van der Waals surface area contributed by atoms with Crippen molar-refractivity contribution in [2.24, 2.45) is 45.8 Å². The summed E-state index contributed by atoms with van der Waals surface area (Å²) < 4.78 is 39.8. The van der Waals surface area contributed by atoms with Crippen molar-refractivity contribution in [2.45, 2.75) is 140 Å². The summed E-state index contributed by atoms with van der Waals surface area (Å²) in [5.41, 5.74) is 2.54. The van der Waals surface area contributed by atoms with Gasteiger partial charge in [0.2, 0.25) is 0 Å². The lowest BCUT2D eigenvalue weighted by molar-refractivity contribution is -0.214. The van der Waals surface area contributed by atoms with Gasteiger partial charge in [-0.1, -0.05) is 105 Å². The molecular weight excluding hydrogens is 453 g/mol. The maximum Gasteiger partial charge on any atom is 0.393 e. The van der Waals surface area contributed by atoms with Crippen LogP contribution in [0.15, 0.2) is 23.3 Å². The van der Waals surface area contributed by atoms with Crippen LogP contribution in [0.3, 0.4) is 0 Å². The fraction of sp³-hybridized carbons (Fsp3) is 0.879. The fourth-order valence-electron chi connectivity index (χ4n) is 8.37. The SMILES string of the molecule is CC.CC.CC1CCC2(C)C(=CC=C3C2CCC2(C)C3CCC2C(C)CCCC(C)(C)C(F)(F)F)C1. The first-order valence-electron chi connectivity index (χ1n) is 15.3. The average Bonchev–Trinajstić information content (AvgIpc) is 3.18. The molecule has 36 heavy (non-hydrogen) atoms. The molecule has 3 fully saturated rings. The Labute approximate surface area is 222 Å². The zero-order valence-electron chi connectivity index (χ0n) is 25.2. The summed E-state index contributed by atoms with van der Waals surface area (Å²) in [7, 11) is 0. The van der Waals surface area contributed by atoms with E-state index >= 15 is 0 Å². The molecule has 7 atom stereocenters. The van der Waals surface area contributed by atoms with Crippen LogP contribution in [0.2, 0.25) is 0 Å². The zero-order chi connectivity index (χ0) is 27.5. The number of halogens is 3. The molecule has 4 aliphatic rings. The van der Waals surface area contributed by atoms with Crippen molar-refractivity contribution < 1.29 is 13.2 Å². The first-order valence-corrected chi connectivity index (χ1v) is 15.3. The first-order chi connectivity index (χ1) is 16.8. The monoisotopic (exact) mass is 510 g/mol. The number of fused-ring (bicyclic) bond motifs is 5. The van der Waals surface area contributed by atoms with Crippen molar-refractivity contribution in [2.75, 3.05) is 0 Å². The van der Waals surface area contributed by atoms with Gasteiger partial charge in [-0.3, -0.25) is 0 Å². The Morgan fingerprint density at radius 1 is 0.917 bits per heavy atom. The zero-order valence-corrected chi connectivity index (χ0v) is 25.2. The molecule has 0 saturated heterocycles. The number of hydrogen-bond acceptors (Lipinski definition) is 0. The Morgan fingerprint density at radius 3 is 2.17 bits per heavy atom. The average molecular weight is 511 g/mol. The Morgan fingerprint density at radius 2 is 1.56 bits per heavy atom. The maximum absolute atomic E-state index is 13.3. The summed E-state index contributed by atoms with van der Waals surface area (Å²) in [4.78, 5) is 0. The van der Waals surface area contributed by atoms with E-state index in [2.05, 4.69) is 39.8 Å². The Balaban J connectivity index is 0.00000109. The largest absolute Gasteiger partial charge is 0.393 e. The minimum absolute atomic E-state index is 0.241. The highest BCUT2D eigenvalue weighted by Gasteiger charge is 2.57. The topological polar surface area (TPSA) is 0 Å². The molecule has 0 N–H and O–H groups in total. The predicted molar refractivity (Wildman–Crippen MR) is 150 cm³/mol. The lowest BCUT2D eigenvalue weighted by atomic mass is 9.49. The van der Waals surface area contributed by atoms with E-state index in [4.69, 9.17) is 0 Å². The van der Waals surface area contributed by atoms with E-state index in [1.54, 1.807) is 11.1 Å². The van der Waals surface area contributed by atoms with Gasteiger partial charge < -0.3 is 0 Å². The van der Waals surface area contributed by atoms with Crippen molar-refractivity contribution in [1.29, 1.82) is 0 Å². The van der Waals surface area contributed by atoms with E-state index in [-0.39, 0.29) is 6.42 Å². The van der Waals surface area contributed by atoms with Crippen LogP contribution in [-0.4, -0.2) is 6.18 Å². The quantitative estimate of drug-likeness (QED) is 0.345. The van der Waals surface area contributed by atoms with Gasteiger partial charge in [0.15, 0.2) is 0 Å². The van der Waals surface area contributed by atoms with E-state index in [0.717, 1.165) is 18.3 Å². The van der Waals surface area contributed by atoms with E-state index < -0.39 is 11.6 Å². The molecule has 3 heteroatoms. The second-order valence-corrected chi connectivity index (χ2v) is 13.2. The highest BCUT2D eigenvalue weighted by molar-refractivity contribution is 5.38. The van der Waals surface area contributed by atoms with Crippen LogP contribution in [0.25, 0.3) is 0 Å². The number of alkyl halides is 3. The highest BCUT2D eigenvalue weighted by Crippen LogP contribution is 2.66. The lowest BCUT2D eigenvalue weighted by Crippen LogP contribution is -2.46. The van der Waals surface area contributed by atoms with Gasteiger partial charge in [0.1, 0.15) is 0 Å². The molecule has 0 aromatic carbocycles. The molecule has 0 amide bonds. The van der Waals surface area contributed by atoms with Gasteiger partial charge in [0.05, 0.1) is 5.41 Å². The lowest BCUT2D eigenvalue weighted by Gasteiger charge is -2.55. The number of rotatable bonds is 5. The molecule has 3 saturated carbocycles. The molecule has 7 unspecified atom stereocenters. The summed E-state index contributed by atoms with van der Waals surface area (Å²) in [6.07, 6.45) is 11.8. The number of hydrogen-bond donors (Lipinski definition) is 0. The van der Waals surface area contributed by atoms with Crippen LogP contribution in [0.5, 0.6) is 0 Å². The molecule has 210 valence electrons. The Kier molecular flexibility index (Phi) is 10.5. The molecule has 0 nitrogen and oxygen atoms in total. The minimum Gasteiger partial charge on any atom is -0.171 e. The van der Waals surface area contributed by atoms with E-state index in [0.29, 0.717) is 35.0 Å². The van der Waals surface area contributed by atoms with Crippen LogP contribution in [0, 0.1) is 45.8 Å². The normalized spacial score (nSPS) is 36.5. The van der Waals surface area contributed by atoms with Crippen LogP contribution in [-0.2, 0) is 0 Å². The van der Waals surface area contributed by atoms with Gasteiger partial charge in [0.25, 0.3) is 0 Å². The minimum atomic E-state index is -4.11. The molecule has 0 aromatic rings. The van der Waals surface area contributed by atoms with Crippen LogP contribution < -0.4 is 0 Å². The van der Waals surface area contributed by atoms with Gasteiger partial charge >= 0.3 is 6.18 Å². The molecule has 4 aliphatic carbocycles. The van der Waals surface area contributed by atoms with Crippen LogP contribution >= 0.6 is 0 Å². The third kappa shape index (κ3) is 5.80. The molecule has 4 rings (SSSR count). The van der Waals surface area contributed by atoms with Gasteiger partial charge in [0, 0.05) is 0 Å². The van der Waals surface area contributed by atoms with E-state index in [1.807, 2.05) is 27.7 Å². The molecular formula is C33H57F3. The van der Waals surface area contributed by atoms with Crippen molar-refractivity contribution >= 4 is 0 Å². The van der Waals surface area contributed by atoms with E-state index in [1.165, 1.54) is 58.8 Å². The molecule has 0 aliphatic heterocycles. The summed E-state index contributed by atoms with van der Waals surface area (Å²) in [5, 5.41) is 0. The molecule has 0 radical (unpaired) electrons. The van der Waals surface area contributed by atoms with Gasteiger partial charge in [-0.2, -0.15) is 13.2 Å². The van der Waals surface area contributed by atoms with Crippen molar-refractivity contribution in [3.63, 3.8) is 0 Å². The molecule has 0 aromatic heterocycles. The third-order valence-corrected chi connectivity index (χ3v) is 10.8. The van der Waals surface area contributed by atoms with Crippen molar-refractivity contribution in [3.8, 4) is 0 Å². The Hall–Kier alpha value is -0.730. The molecule has 0 heterocycles. The summed E-state index contributed by atoms with van der Waals surface area (Å²) in [6, 6.07) is 0. The standard InChI is InChI=1S/C29H45F3.2C2H6/c1-19-13-16-27(5)21(18-19)9-10-22-24-12-11-23(28(24,6)17-14-25(22)27)20(2)8-7-15-26(3,4)29(30,31)32;2*1-2/h9-10,19-20,23-25H,7-8,11-18H2,1-6H3;2*1-2H3. The van der Waals surface area contributed by atoms with Crippen LogP contribution in [0.1, 0.15) is 133 Å². The summed E-state index contributed by atoms with van der Waals surface area (Å²) >= 11 is 0. The van der Waals surface area contributed by atoms with E-state index in [9.17, 15) is 13.2 Å². The van der Waals surface area contributed by atoms with Gasteiger partial charge in [-0.15, -0.1) is 0 Å². The molecule has 0 spiro atoms. The van der Waals surface area contributed by atoms with Gasteiger partial charge in [-0.25, -0.2) is 0 Å². The number of allylic oxidation sites excluding steroid dienone is 4.